The summed E-state index contributed by atoms with van der Waals surface area (Å²) in [5.41, 5.74) is 0.547. The Morgan fingerprint density at radius 2 is 2.09 bits per heavy atom. The van der Waals surface area contributed by atoms with E-state index >= 15 is 0 Å². The molecule has 0 aliphatic carbocycles. The van der Waals surface area contributed by atoms with Gasteiger partial charge in [-0.3, -0.25) is 9.48 Å². The van der Waals surface area contributed by atoms with Crippen LogP contribution in [0.5, 0.6) is 11.5 Å². The van der Waals surface area contributed by atoms with Gasteiger partial charge in [-0.1, -0.05) is 12.1 Å². The maximum absolute atomic E-state index is 12.1. The minimum atomic E-state index is -0.157. The molecule has 0 radical (unpaired) electrons. The average molecular weight is 303 g/mol. The number of benzene rings is 1. The van der Waals surface area contributed by atoms with Crippen molar-refractivity contribution in [3.05, 3.63) is 42.2 Å². The van der Waals surface area contributed by atoms with E-state index in [4.69, 9.17) is 9.47 Å². The molecule has 1 unspecified atom stereocenters. The number of methoxy groups -OCH3 is 1. The van der Waals surface area contributed by atoms with Crippen LogP contribution in [0.15, 0.2) is 36.7 Å². The van der Waals surface area contributed by atoms with E-state index in [9.17, 15) is 4.79 Å². The number of para-hydroxylation sites is 2. The number of aromatic nitrogens is 2. The van der Waals surface area contributed by atoms with Gasteiger partial charge in [-0.25, -0.2) is 0 Å². The predicted octanol–water partition coefficient (Wildman–Crippen LogP) is 2.11. The number of aryl methyl sites for hydroxylation is 1. The summed E-state index contributed by atoms with van der Waals surface area (Å²) < 4.78 is 12.6. The lowest BCUT2D eigenvalue weighted by Crippen LogP contribution is -2.36. The summed E-state index contributed by atoms with van der Waals surface area (Å²) in [4.78, 5) is 12.1. The zero-order chi connectivity index (χ0) is 15.9. The zero-order valence-corrected chi connectivity index (χ0v) is 13.1. The van der Waals surface area contributed by atoms with Gasteiger partial charge in [-0.15, -0.1) is 0 Å². The Labute approximate surface area is 130 Å². The summed E-state index contributed by atoms with van der Waals surface area (Å²) in [6.45, 7) is 4.95. The summed E-state index contributed by atoms with van der Waals surface area (Å²) in [5.74, 6) is 1.17. The molecule has 0 bridgehead atoms. The Morgan fingerprint density at radius 3 is 2.73 bits per heavy atom. The highest BCUT2D eigenvalue weighted by molar-refractivity contribution is 5.93. The van der Waals surface area contributed by atoms with Crippen molar-refractivity contribution in [2.24, 2.45) is 0 Å². The molecule has 1 N–H and O–H groups in total. The van der Waals surface area contributed by atoms with Crippen molar-refractivity contribution in [3.8, 4) is 11.5 Å². The largest absolute Gasteiger partial charge is 0.493 e. The first-order chi connectivity index (χ1) is 10.6. The van der Waals surface area contributed by atoms with E-state index in [0.29, 0.717) is 23.7 Å². The number of carbonyl (C=O) groups is 1. The number of nitrogens with one attached hydrogen (secondary N) is 1. The minimum Gasteiger partial charge on any atom is -0.493 e. The number of carbonyl (C=O) groups excluding carboxylic acids is 1. The molecule has 1 heterocycles. The highest BCUT2D eigenvalue weighted by Crippen LogP contribution is 2.25. The predicted molar refractivity (Wildman–Crippen MR) is 83.3 cm³/mol. The number of nitrogens with zero attached hydrogens (tertiary/aromatic N) is 2. The number of hydrogen-bond donors (Lipinski definition) is 1. The molecule has 6 heteroatoms. The minimum absolute atomic E-state index is 0.137. The Hall–Kier alpha value is -2.50. The van der Waals surface area contributed by atoms with Gasteiger partial charge in [0.15, 0.2) is 11.5 Å². The second-order valence-electron chi connectivity index (χ2n) is 4.92. The Bertz CT molecular complexity index is 625. The number of ether oxygens (including phenoxy) is 2. The van der Waals surface area contributed by atoms with Crippen molar-refractivity contribution < 1.29 is 14.3 Å². The zero-order valence-electron chi connectivity index (χ0n) is 13.1. The van der Waals surface area contributed by atoms with Gasteiger partial charge in [0.05, 0.1) is 24.9 Å². The normalized spacial score (nSPS) is 11.8. The Kier molecular flexibility index (Phi) is 5.41. The molecule has 2 rings (SSSR count). The Balaban J connectivity index is 1.87. The van der Waals surface area contributed by atoms with Crippen molar-refractivity contribution in [2.45, 2.75) is 26.4 Å². The number of rotatable bonds is 7. The summed E-state index contributed by atoms with van der Waals surface area (Å²) in [5, 5.41) is 6.97. The van der Waals surface area contributed by atoms with Crippen molar-refractivity contribution >= 4 is 5.91 Å². The second-order valence-corrected chi connectivity index (χ2v) is 4.92. The van der Waals surface area contributed by atoms with Crippen LogP contribution in [0.25, 0.3) is 0 Å². The van der Waals surface area contributed by atoms with E-state index in [1.165, 1.54) is 0 Å². The van der Waals surface area contributed by atoms with Crippen LogP contribution in [-0.4, -0.2) is 35.4 Å². The van der Waals surface area contributed by atoms with Gasteiger partial charge in [0.1, 0.15) is 6.61 Å². The van der Waals surface area contributed by atoms with Crippen LogP contribution in [0.2, 0.25) is 0 Å². The van der Waals surface area contributed by atoms with Gasteiger partial charge in [-0.2, -0.15) is 5.10 Å². The summed E-state index contributed by atoms with van der Waals surface area (Å²) in [6.07, 6.45) is 3.29. The van der Waals surface area contributed by atoms with Gasteiger partial charge in [0.2, 0.25) is 0 Å². The van der Waals surface area contributed by atoms with Crippen LogP contribution in [0.4, 0.5) is 0 Å². The first-order valence-corrected chi connectivity index (χ1v) is 7.23. The first-order valence-electron chi connectivity index (χ1n) is 7.23. The molecule has 0 aliphatic rings. The van der Waals surface area contributed by atoms with E-state index in [2.05, 4.69) is 10.4 Å². The molecule has 1 atom stereocenters. The molecule has 0 spiro atoms. The maximum atomic E-state index is 12.1. The SMILES string of the molecule is CCn1cc(C(=O)NC(C)COc2ccccc2OC)cn1. The smallest absolute Gasteiger partial charge is 0.254 e. The second kappa shape index (κ2) is 7.49. The lowest BCUT2D eigenvalue weighted by atomic mass is 10.3. The summed E-state index contributed by atoms with van der Waals surface area (Å²) in [7, 11) is 1.60. The summed E-state index contributed by atoms with van der Waals surface area (Å²) in [6, 6.07) is 7.28. The van der Waals surface area contributed by atoms with Crippen LogP contribution in [-0.2, 0) is 6.54 Å². The molecule has 0 saturated carbocycles. The summed E-state index contributed by atoms with van der Waals surface area (Å²) >= 11 is 0. The molecule has 2 aromatic rings. The molecular formula is C16H21N3O3. The molecule has 0 aliphatic heterocycles. The molecule has 0 fully saturated rings. The molecular weight excluding hydrogens is 282 g/mol. The molecule has 1 aromatic carbocycles. The van der Waals surface area contributed by atoms with E-state index in [-0.39, 0.29) is 11.9 Å². The Morgan fingerprint density at radius 1 is 1.36 bits per heavy atom. The monoisotopic (exact) mass is 303 g/mol. The van der Waals surface area contributed by atoms with E-state index in [0.717, 1.165) is 6.54 Å². The molecule has 22 heavy (non-hydrogen) atoms. The van der Waals surface area contributed by atoms with Crippen LogP contribution < -0.4 is 14.8 Å². The van der Waals surface area contributed by atoms with E-state index in [1.807, 2.05) is 38.1 Å². The lowest BCUT2D eigenvalue weighted by Gasteiger charge is -2.16. The van der Waals surface area contributed by atoms with Gasteiger partial charge in [0.25, 0.3) is 5.91 Å². The van der Waals surface area contributed by atoms with Crippen LogP contribution >= 0.6 is 0 Å². The fraction of sp³-hybridized carbons (Fsp3) is 0.375. The average Bonchev–Trinajstić information content (AvgIpc) is 3.02. The fourth-order valence-electron chi connectivity index (χ4n) is 1.96. The van der Waals surface area contributed by atoms with Crippen LogP contribution in [0.1, 0.15) is 24.2 Å². The number of hydrogen-bond acceptors (Lipinski definition) is 4. The fourth-order valence-corrected chi connectivity index (χ4v) is 1.96. The van der Waals surface area contributed by atoms with Gasteiger partial charge in [0, 0.05) is 12.7 Å². The van der Waals surface area contributed by atoms with E-state index in [1.54, 1.807) is 24.2 Å². The highest BCUT2D eigenvalue weighted by atomic mass is 16.5. The molecule has 0 saturated heterocycles. The highest BCUT2D eigenvalue weighted by Gasteiger charge is 2.13. The van der Waals surface area contributed by atoms with Crippen molar-refractivity contribution in [2.75, 3.05) is 13.7 Å². The van der Waals surface area contributed by atoms with Crippen molar-refractivity contribution in [1.82, 2.24) is 15.1 Å². The van der Waals surface area contributed by atoms with E-state index < -0.39 is 0 Å². The molecule has 1 amide bonds. The van der Waals surface area contributed by atoms with Crippen LogP contribution in [0, 0.1) is 0 Å². The van der Waals surface area contributed by atoms with Crippen molar-refractivity contribution in [1.29, 1.82) is 0 Å². The third-order valence-electron chi connectivity index (χ3n) is 3.15. The molecule has 1 aromatic heterocycles. The standard InChI is InChI=1S/C16H21N3O3/c1-4-19-10-13(9-17-19)16(20)18-12(2)11-22-15-8-6-5-7-14(15)21-3/h5-10,12H,4,11H2,1-3H3,(H,18,20). The third-order valence-corrected chi connectivity index (χ3v) is 3.15. The lowest BCUT2D eigenvalue weighted by molar-refractivity contribution is 0.0926. The van der Waals surface area contributed by atoms with Crippen molar-refractivity contribution in [3.63, 3.8) is 0 Å². The van der Waals surface area contributed by atoms with Crippen LogP contribution in [0.3, 0.4) is 0 Å². The topological polar surface area (TPSA) is 65.4 Å². The maximum Gasteiger partial charge on any atom is 0.254 e. The quantitative estimate of drug-likeness (QED) is 0.851. The third kappa shape index (κ3) is 4.00. The van der Waals surface area contributed by atoms with Gasteiger partial charge >= 0.3 is 0 Å². The van der Waals surface area contributed by atoms with Gasteiger partial charge in [-0.05, 0) is 26.0 Å². The number of amides is 1. The first kappa shape index (κ1) is 15.9. The van der Waals surface area contributed by atoms with Gasteiger partial charge < -0.3 is 14.8 Å². The molecule has 118 valence electrons. The molecule has 6 nitrogen and oxygen atoms in total.